The van der Waals surface area contributed by atoms with Crippen molar-refractivity contribution in [2.75, 3.05) is 14.1 Å². The summed E-state index contributed by atoms with van der Waals surface area (Å²) in [5.41, 5.74) is 9.99. The van der Waals surface area contributed by atoms with E-state index in [0.29, 0.717) is 22.3 Å². The number of amides is 2. The van der Waals surface area contributed by atoms with E-state index in [0.717, 1.165) is 16.7 Å². The van der Waals surface area contributed by atoms with Gasteiger partial charge in [0.15, 0.2) is 11.5 Å². The molecule has 1 aliphatic heterocycles. The molecule has 0 saturated carbocycles. The quantitative estimate of drug-likeness (QED) is 0.409. The van der Waals surface area contributed by atoms with E-state index < -0.39 is 5.54 Å². The summed E-state index contributed by atoms with van der Waals surface area (Å²) in [6.07, 6.45) is 0. The maximum absolute atomic E-state index is 14.3. The van der Waals surface area contributed by atoms with Gasteiger partial charge in [-0.3, -0.25) is 14.5 Å². The van der Waals surface area contributed by atoms with Crippen LogP contribution in [0.2, 0.25) is 0 Å². The largest absolute Gasteiger partial charge is 0.369 e. The monoisotopic (exact) mass is 513 g/mol. The molecule has 39 heavy (non-hydrogen) atoms. The van der Waals surface area contributed by atoms with Gasteiger partial charge in [0.25, 0.3) is 11.8 Å². The van der Waals surface area contributed by atoms with Crippen molar-refractivity contribution in [1.82, 2.24) is 9.80 Å². The molecule has 1 heterocycles. The summed E-state index contributed by atoms with van der Waals surface area (Å²) in [7, 11) is 3.39. The van der Waals surface area contributed by atoms with Gasteiger partial charge in [-0.05, 0) is 58.1 Å². The molecule has 0 saturated heterocycles. The lowest BCUT2D eigenvalue weighted by Gasteiger charge is -2.27. The number of carbonyl (C=O) groups is 2. The standard InChI is InChI=1S/C32H27N5O2/c1-36(2)29(38)26-13-7-10-23(18-26)21-37-30(39)32(35-31(37)34,27-14-4-3-5-15-27)28-16-8-12-25(19-28)24-11-6-9-22(17-24)20-33/h3-19H,21H2,1-2H3,(H2,34,35). The molecule has 2 amide bonds. The molecular formula is C32H27N5O2. The normalized spacial score (nSPS) is 16.5. The zero-order valence-corrected chi connectivity index (χ0v) is 21.7. The number of nitriles is 1. The van der Waals surface area contributed by atoms with Crippen molar-refractivity contribution >= 4 is 17.8 Å². The van der Waals surface area contributed by atoms with Gasteiger partial charge in [-0.1, -0.05) is 72.8 Å². The summed E-state index contributed by atoms with van der Waals surface area (Å²) in [6.45, 7) is 0.168. The van der Waals surface area contributed by atoms with Gasteiger partial charge < -0.3 is 10.6 Å². The van der Waals surface area contributed by atoms with Crippen LogP contribution in [0.3, 0.4) is 0 Å². The predicted molar refractivity (Wildman–Crippen MR) is 150 cm³/mol. The van der Waals surface area contributed by atoms with E-state index in [2.05, 4.69) is 6.07 Å². The lowest BCUT2D eigenvalue weighted by atomic mass is 9.81. The Morgan fingerprint density at radius 2 is 1.56 bits per heavy atom. The Balaban J connectivity index is 1.58. The van der Waals surface area contributed by atoms with Crippen molar-refractivity contribution in [2.45, 2.75) is 12.1 Å². The number of nitrogens with zero attached hydrogens (tertiary/aromatic N) is 4. The molecule has 0 aliphatic carbocycles. The Hall–Kier alpha value is -5.22. The van der Waals surface area contributed by atoms with E-state index in [1.165, 1.54) is 9.80 Å². The van der Waals surface area contributed by atoms with Gasteiger partial charge >= 0.3 is 0 Å². The second-order valence-corrected chi connectivity index (χ2v) is 9.61. The summed E-state index contributed by atoms with van der Waals surface area (Å²) in [5, 5.41) is 9.36. The zero-order chi connectivity index (χ0) is 27.6. The average Bonchev–Trinajstić information content (AvgIpc) is 3.23. The summed E-state index contributed by atoms with van der Waals surface area (Å²) in [4.78, 5) is 34.6. The van der Waals surface area contributed by atoms with Crippen LogP contribution in [0.4, 0.5) is 0 Å². The fourth-order valence-corrected chi connectivity index (χ4v) is 4.89. The van der Waals surface area contributed by atoms with Gasteiger partial charge in [0.2, 0.25) is 0 Å². The molecule has 4 aromatic rings. The molecule has 0 radical (unpaired) electrons. The molecule has 4 aromatic carbocycles. The van der Waals surface area contributed by atoms with Gasteiger partial charge in [-0.2, -0.15) is 5.26 Å². The minimum atomic E-state index is -1.38. The van der Waals surface area contributed by atoms with Gasteiger partial charge in [0.05, 0.1) is 18.2 Å². The Morgan fingerprint density at radius 3 is 2.28 bits per heavy atom. The smallest absolute Gasteiger partial charge is 0.266 e. The van der Waals surface area contributed by atoms with E-state index in [-0.39, 0.29) is 24.3 Å². The van der Waals surface area contributed by atoms with E-state index in [1.54, 1.807) is 38.4 Å². The average molecular weight is 514 g/mol. The Morgan fingerprint density at radius 1 is 0.897 bits per heavy atom. The second-order valence-electron chi connectivity index (χ2n) is 9.61. The molecule has 0 aromatic heterocycles. The van der Waals surface area contributed by atoms with E-state index >= 15 is 0 Å². The number of nitrogens with two attached hydrogens (primary N) is 1. The van der Waals surface area contributed by atoms with Gasteiger partial charge in [0.1, 0.15) is 0 Å². The van der Waals surface area contributed by atoms with Crippen LogP contribution in [-0.2, 0) is 16.9 Å². The highest BCUT2D eigenvalue weighted by molar-refractivity contribution is 6.09. The van der Waals surface area contributed by atoms with Crippen molar-refractivity contribution in [3.8, 4) is 17.2 Å². The maximum atomic E-state index is 14.3. The highest BCUT2D eigenvalue weighted by Crippen LogP contribution is 2.41. The number of benzene rings is 4. The molecule has 0 bridgehead atoms. The number of rotatable bonds is 6. The van der Waals surface area contributed by atoms with Gasteiger partial charge in [-0.15, -0.1) is 0 Å². The van der Waals surface area contributed by atoms with Crippen LogP contribution < -0.4 is 5.73 Å². The summed E-state index contributed by atoms with van der Waals surface area (Å²) in [6, 6.07) is 33.7. The second kappa shape index (κ2) is 10.3. The number of hydrogen-bond donors (Lipinski definition) is 1. The fraction of sp³-hybridized carbons (Fsp3) is 0.125. The van der Waals surface area contributed by atoms with Crippen LogP contribution in [0.15, 0.2) is 108 Å². The lowest BCUT2D eigenvalue weighted by Crippen LogP contribution is -2.43. The third-order valence-corrected chi connectivity index (χ3v) is 6.83. The summed E-state index contributed by atoms with van der Waals surface area (Å²) in [5.74, 6) is -0.300. The summed E-state index contributed by atoms with van der Waals surface area (Å²) >= 11 is 0. The third-order valence-electron chi connectivity index (χ3n) is 6.83. The molecule has 2 N–H and O–H groups in total. The molecule has 7 heteroatoms. The maximum Gasteiger partial charge on any atom is 0.266 e. The molecule has 1 unspecified atom stereocenters. The Bertz CT molecular complexity index is 1640. The number of aliphatic imine (C=N–C) groups is 1. The predicted octanol–water partition coefficient (Wildman–Crippen LogP) is 4.53. The van der Waals surface area contributed by atoms with E-state index in [4.69, 9.17) is 10.7 Å². The van der Waals surface area contributed by atoms with Crippen LogP contribution in [0.25, 0.3) is 11.1 Å². The van der Waals surface area contributed by atoms with E-state index in [9.17, 15) is 14.9 Å². The first-order valence-electron chi connectivity index (χ1n) is 12.5. The topological polar surface area (TPSA) is 103 Å². The van der Waals surface area contributed by atoms with Crippen molar-refractivity contribution in [3.05, 3.63) is 131 Å². The fourth-order valence-electron chi connectivity index (χ4n) is 4.89. The molecule has 0 spiro atoms. The van der Waals surface area contributed by atoms with E-state index in [1.807, 2.05) is 78.9 Å². The first kappa shape index (κ1) is 25.4. The van der Waals surface area contributed by atoms with Gasteiger partial charge in [0, 0.05) is 19.7 Å². The lowest BCUT2D eigenvalue weighted by molar-refractivity contribution is -0.130. The molecule has 192 valence electrons. The first-order valence-corrected chi connectivity index (χ1v) is 12.5. The van der Waals surface area contributed by atoms with Crippen LogP contribution in [0, 0.1) is 11.3 Å². The third kappa shape index (κ3) is 4.64. The number of guanidine groups is 1. The highest BCUT2D eigenvalue weighted by atomic mass is 16.2. The van der Waals surface area contributed by atoms with Crippen molar-refractivity contribution < 1.29 is 9.59 Å². The van der Waals surface area contributed by atoms with Crippen LogP contribution in [0.5, 0.6) is 0 Å². The Labute approximate surface area is 227 Å². The number of hydrogen-bond acceptors (Lipinski definition) is 5. The van der Waals surface area contributed by atoms with Gasteiger partial charge in [-0.25, -0.2) is 4.99 Å². The summed E-state index contributed by atoms with van der Waals surface area (Å²) < 4.78 is 0. The molecule has 1 atom stereocenters. The van der Waals surface area contributed by atoms with Crippen LogP contribution in [-0.4, -0.2) is 41.7 Å². The van der Waals surface area contributed by atoms with Crippen molar-refractivity contribution in [2.24, 2.45) is 10.7 Å². The SMILES string of the molecule is CN(C)C(=O)c1cccc(CN2C(=O)C(c3ccccc3)(c3cccc(-c4cccc(C#N)c4)c3)N=C2N)c1. The number of carbonyl (C=O) groups excluding carboxylic acids is 2. The van der Waals surface area contributed by atoms with Crippen molar-refractivity contribution in [3.63, 3.8) is 0 Å². The zero-order valence-electron chi connectivity index (χ0n) is 21.7. The Kier molecular flexibility index (Phi) is 6.70. The molecule has 5 rings (SSSR count). The van der Waals surface area contributed by atoms with Crippen molar-refractivity contribution in [1.29, 1.82) is 5.26 Å². The van der Waals surface area contributed by atoms with Crippen LogP contribution >= 0.6 is 0 Å². The highest BCUT2D eigenvalue weighted by Gasteiger charge is 2.50. The first-order chi connectivity index (χ1) is 18.8. The molecule has 0 fully saturated rings. The molecule has 1 aliphatic rings. The molecule has 7 nitrogen and oxygen atoms in total. The molecular weight excluding hydrogens is 486 g/mol. The minimum Gasteiger partial charge on any atom is -0.369 e. The minimum absolute atomic E-state index is 0.102. The van der Waals surface area contributed by atoms with Crippen LogP contribution in [0.1, 0.15) is 32.6 Å².